The third-order valence-corrected chi connectivity index (χ3v) is 2.09. The molecule has 0 amide bonds. The van der Waals surface area contributed by atoms with Crippen LogP contribution in [0.15, 0.2) is 23.3 Å². The lowest BCUT2D eigenvalue weighted by atomic mass is 10.1. The van der Waals surface area contributed by atoms with Gasteiger partial charge in [0.15, 0.2) is 11.5 Å². The minimum Gasteiger partial charge on any atom is -0.504 e. The van der Waals surface area contributed by atoms with Crippen molar-refractivity contribution in [1.82, 2.24) is 0 Å². The largest absolute Gasteiger partial charge is 0.504 e. The van der Waals surface area contributed by atoms with E-state index in [9.17, 15) is 4.79 Å². The number of nitrogens with zero attached hydrogens (tertiary/aromatic N) is 3. The Bertz CT molecular complexity index is 468. The Morgan fingerprint density at radius 3 is 2.42 bits per heavy atom. The van der Waals surface area contributed by atoms with E-state index < -0.39 is 11.7 Å². The molecule has 1 aromatic carbocycles. The van der Waals surface area contributed by atoms with E-state index in [2.05, 4.69) is 23.9 Å². The summed E-state index contributed by atoms with van der Waals surface area (Å²) in [6.07, 6.45) is 0.990. The Kier molecular flexibility index (Phi) is 7.56. The van der Waals surface area contributed by atoms with Gasteiger partial charge < -0.3 is 15.3 Å². The summed E-state index contributed by atoms with van der Waals surface area (Å²) in [5.41, 5.74) is 7.78. The molecule has 0 saturated carbocycles. The summed E-state index contributed by atoms with van der Waals surface area (Å²) in [7, 11) is 0. The fourth-order valence-electron chi connectivity index (χ4n) is 1.02. The number of aromatic carboxylic acids is 1. The summed E-state index contributed by atoms with van der Waals surface area (Å²) in [5.74, 6) is -1.25. The van der Waals surface area contributed by atoms with Crippen LogP contribution in [0.2, 0.25) is 0 Å². The van der Waals surface area contributed by atoms with Gasteiger partial charge in [-0.2, -0.15) is 0 Å². The molecule has 0 saturated heterocycles. The summed E-state index contributed by atoms with van der Waals surface area (Å²) in [4.78, 5) is 12.9. The Morgan fingerprint density at radius 1 is 1.37 bits per heavy atom. The van der Waals surface area contributed by atoms with Crippen LogP contribution in [-0.4, -0.2) is 27.8 Å². The maximum Gasteiger partial charge on any atom is 0.335 e. The van der Waals surface area contributed by atoms with Crippen LogP contribution < -0.4 is 0 Å². The number of aromatic hydroxyl groups is 2. The normalized spacial score (nSPS) is 9.21. The van der Waals surface area contributed by atoms with Gasteiger partial charge >= 0.3 is 5.97 Å². The molecule has 0 fully saturated rings. The van der Waals surface area contributed by atoms with Crippen molar-refractivity contribution in [2.24, 2.45) is 11.0 Å². The zero-order valence-electron chi connectivity index (χ0n) is 10.8. The lowest BCUT2D eigenvalue weighted by Gasteiger charge is -1.97. The van der Waals surface area contributed by atoms with Gasteiger partial charge in [-0.25, -0.2) is 4.79 Å². The molecule has 7 nitrogen and oxygen atoms in total. The fourth-order valence-corrected chi connectivity index (χ4v) is 1.02. The SMILES string of the molecule is CC(C)CCN=[N+]=[N-].O=C(O)c1ccc(O)c(O)c1. The molecule has 0 aliphatic rings. The number of phenolic OH excluding ortho intramolecular Hbond substituents is 2. The monoisotopic (exact) mass is 267 g/mol. The van der Waals surface area contributed by atoms with Crippen LogP contribution in [0, 0.1) is 5.92 Å². The van der Waals surface area contributed by atoms with Crippen LogP contribution in [0.5, 0.6) is 11.5 Å². The third-order valence-electron chi connectivity index (χ3n) is 2.09. The molecule has 104 valence electrons. The second kappa shape index (κ2) is 8.66. The maximum absolute atomic E-state index is 10.3. The first-order valence-electron chi connectivity index (χ1n) is 5.64. The average Bonchev–Trinajstić information content (AvgIpc) is 2.33. The Labute approximate surface area is 110 Å². The van der Waals surface area contributed by atoms with Crippen LogP contribution in [0.1, 0.15) is 30.6 Å². The fraction of sp³-hybridized carbons (Fsp3) is 0.417. The molecule has 1 rings (SSSR count). The number of carbonyl (C=O) groups is 1. The molecule has 0 radical (unpaired) electrons. The summed E-state index contributed by atoms with van der Waals surface area (Å²) in [5, 5.41) is 29.4. The molecule has 0 bridgehead atoms. The lowest BCUT2D eigenvalue weighted by molar-refractivity contribution is 0.0696. The van der Waals surface area contributed by atoms with Crippen molar-refractivity contribution in [3.63, 3.8) is 0 Å². The molecule has 0 atom stereocenters. The zero-order valence-corrected chi connectivity index (χ0v) is 10.8. The first-order chi connectivity index (χ1) is 8.88. The first-order valence-corrected chi connectivity index (χ1v) is 5.64. The number of carboxylic acid groups (broad SMARTS) is 1. The molecule has 1 aromatic rings. The third kappa shape index (κ3) is 7.51. The highest BCUT2D eigenvalue weighted by Gasteiger charge is 2.05. The zero-order chi connectivity index (χ0) is 14.8. The first kappa shape index (κ1) is 16.6. The average molecular weight is 267 g/mol. The highest BCUT2D eigenvalue weighted by Crippen LogP contribution is 2.24. The van der Waals surface area contributed by atoms with Crippen molar-refractivity contribution in [2.75, 3.05) is 6.54 Å². The summed E-state index contributed by atoms with van der Waals surface area (Å²) >= 11 is 0. The minimum absolute atomic E-state index is 0.0553. The van der Waals surface area contributed by atoms with E-state index >= 15 is 0 Å². The van der Waals surface area contributed by atoms with Gasteiger partial charge in [-0.1, -0.05) is 19.0 Å². The number of hydrogen-bond acceptors (Lipinski definition) is 4. The second-order valence-electron chi connectivity index (χ2n) is 4.15. The quantitative estimate of drug-likeness (QED) is 0.335. The van der Waals surface area contributed by atoms with Crippen molar-refractivity contribution in [1.29, 1.82) is 0 Å². The van der Waals surface area contributed by atoms with Crippen LogP contribution in [0.4, 0.5) is 0 Å². The predicted octanol–water partition coefficient (Wildman–Crippen LogP) is 3.14. The highest BCUT2D eigenvalue weighted by atomic mass is 16.4. The smallest absolute Gasteiger partial charge is 0.335 e. The maximum atomic E-state index is 10.3. The predicted molar refractivity (Wildman–Crippen MR) is 70.2 cm³/mol. The molecule has 7 heteroatoms. The second-order valence-corrected chi connectivity index (χ2v) is 4.15. The summed E-state index contributed by atoms with van der Waals surface area (Å²) in [6.45, 7) is 4.84. The molecule has 0 aliphatic heterocycles. The van der Waals surface area contributed by atoms with Crippen LogP contribution in [-0.2, 0) is 0 Å². The van der Waals surface area contributed by atoms with Gasteiger partial charge in [0, 0.05) is 11.5 Å². The van der Waals surface area contributed by atoms with Crippen molar-refractivity contribution < 1.29 is 20.1 Å². The number of benzene rings is 1. The molecule has 0 aromatic heterocycles. The van der Waals surface area contributed by atoms with E-state index in [0.717, 1.165) is 18.6 Å². The number of azide groups is 1. The molecule has 0 aliphatic carbocycles. The van der Waals surface area contributed by atoms with Gasteiger partial charge in [-0.05, 0) is 36.1 Å². The van der Waals surface area contributed by atoms with Crippen LogP contribution >= 0.6 is 0 Å². The molecular weight excluding hydrogens is 250 g/mol. The molecular formula is C12H17N3O4. The number of rotatable bonds is 4. The standard InChI is InChI=1S/C7H6O4.C5H11N3/c8-5-2-1-4(7(10)11)3-6(5)9;1-5(2)3-4-7-8-6/h1-3,8-9H,(H,10,11);5H,3-4H2,1-2H3. The molecule has 3 N–H and O–H groups in total. The van der Waals surface area contributed by atoms with Gasteiger partial charge in [-0.15, -0.1) is 0 Å². The van der Waals surface area contributed by atoms with Crippen molar-refractivity contribution in [3.05, 3.63) is 34.2 Å². The van der Waals surface area contributed by atoms with Gasteiger partial charge in [0.1, 0.15) is 0 Å². The molecule has 0 spiro atoms. The van der Waals surface area contributed by atoms with E-state index in [1.54, 1.807) is 0 Å². The Morgan fingerprint density at radius 2 is 2.00 bits per heavy atom. The van der Waals surface area contributed by atoms with E-state index in [1.165, 1.54) is 6.07 Å². The minimum atomic E-state index is -1.14. The van der Waals surface area contributed by atoms with Crippen molar-refractivity contribution in [3.8, 4) is 11.5 Å². The van der Waals surface area contributed by atoms with E-state index in [4.69, 9.17) is 20.9 Å². The van der Waals surface area contributed by atoms with Crippen molar-refractivity contribution in [2.45, 2.75) is 20.3 Å². The van der Waals surface area contributed by atoms with Crippen molar-refractivity contribution >= 4 is 5.97 Å². The summed E-state index contributed by atoms with van der Waals surface area (Å²) in [6, 6.07) is 3.31. The van der Waals surface area contributed by atoms with E-state index in [0.29, 0.717) is 12.5 Å². The number of phenols is 2. The van der Waals surface area contributed by atoms with Gasteiger partial charge in [-0.3, -0.25) is 0 Å². The van der Waals surface area contributed by atoms with Gasteiger partial charge in [0.05, 0.1) is 5.56 Å². The highest BCUT2D eigenvalue weighted by molar-refractivity contribution is 5.88. The topological polar surface area (TPSA) is 127 Å². The van der Waals surface area contributed by atoms with Crippen LogP contribution in [0.25, 0.3) is 10.4 Å². The van der Waals surface area contributed by atoms with E-state index in [-0.39, 0.29) is 11.3 Å². The lowest BCUT2D eigenvalue weighted by Crippen LogP contribution is -1.94. The Balaban J connectivity index is 0.000000362. The number of hydrogen-bond donors (Lipinski definition) is 3. The summed E-state index contributed by atoms with van der Waals surface area (Å²) < 4.78 is 0. The van der Waals surface area contributed by atoms with Gasteiger partial charge in [0.25, 0.3) is 0 Å². The van der Waals surface area contributed by atoms with E-state index in [1.807, 2.05) is 0 Å². The van der Waals surface area contributed by atoms with Crippen LogP contribution in [0.3, 0.4) is 0 Å². The Hall–Kier alpha value is -2.40. The number of carboxylic acids is 1. The van der Waals surface area contributed by atoms with Gasteiger partial charge in [0.2, 0.25) is 0 Å². The molecule has 0 heterocycles. The molecule has 19 heavy (non-hydrogen) atoms. The molecule has 0 unspecified atom stereocenters.